The maximum absolute atomic E-state index is 11.5. The van der Waals surface area contributed by atoms with Crippen LogP contribution in [-0.2, 0) is 28.6 Å². The van der Waals surface area contributed by atoms with Crippen LogP contribution in [0.25, 0.3) is 0 Å². The van der Waals surface area contributed by atoms with Gasteiger partial charge in [-0.3, -0.25) is 4.98 Å². The van der Waals surface area contributed by atoms with Crippen molar-refractivity contribution in [3.63, 3.8) is 0 Å². The fourth-order valence-electron chi connectivity index (χ4n) is 2.18. The Morgan fingerprint density at radius 3 is 2.40 bits per heavy atom. The first-order valence-corrected chi connectivity index (χ1v) is 9.15. The van der Waals surface area contributed by atoms with E-state index in [0.29, 0.717) is 27.7 Å². The van der Waals surface area contributed by atoms with Gasteiger partial charge in [-0.1, -0.05) is 23.2 Å². The SMILES string of the molecule is COC(=O)c1ccc(CN(CCc2cc(Cl)cc(Cl)c2)[SH](=O)=O)nc1. The molecule has 0 unspecified atom stereocenters. The van der Waals surface area contributed by atoms with Gasteiger partial charge in [0.05, 0.1) is 24.9 Å². The van der Waals surface area contributed by atoms with Crippen molar-refractivity contribution in [1.82, 2.24) is 9.29 Å². The molecule has 0 amide bonds. The van der Waals surface area contributed by atoms with E-state index in [1.54, 1.807) is 30.3 Å². The van der Waals surface area contributed by atoms with Gasteiger partial charge in [-0.2, -0.15) is 4.31 Å². The summed E-state index contributed by atoms with van der Waals surface area (Å²) in [4.78, 5) is 15.5. The summed E-state index contributed by atoms with van der Waals surface area (Å²) in [6, 6.07) is 8.24. The van der Waals surface area contributed by atoms with E-state index in [0.717, 1.165) is 5.56 Å². The summed E-state index contributed by atoms with van der Waals surface area (Å²) >= 11 is 11.9. The quantitative estimate of drug-likeness (QED) is 0.568. The van der Waals surface area contributed by atoms with Gasteiger partial charge in [0.1, 0.15) is 0 Å². The predicted octanol–water partition coefficient (Wildman–Crippen LogP) is 2.75. The average Bonchev–Trinajstić information content (AvgIpc) is 2.57. The minimum Gasteiger partial charge on any atom is -0.465 e. The highest BCUT2D eigenvalue weighted by atomic mass is 35.5. The molecule has 1 aromatic carbocycles. The van der Waals surface area contributed by atoms with Crippen LogP contribution >= 0.6 is 23.2 Å². The van der Waals surface area contributed by atoms with Crippen LogP contribution in [0.1, 0.15) is 21.6 Å². The van der Waals surface area contributed by atoms with E-state index in [-0.39, 0.29) is 13.1 Å². The van der Waals surface area contributed by atoms with Crippen LogP contribution in [-0.4, -0.2) is 37.3 Å². The molecule has 0 aliphatic carbocycles. The van der Waals surface area contributed by atoms with E-state index in [1.165, 1.54) is 17.6 Å². The standard InChI is InChI=1S/C16H16Cl2N2O4S/c1-24-16(21)12-2-3-15(19-9-12)10-20(25(22)23)5-4-11-6-13(17)8-14(18)7-11/h2-3,6-9,25H,4-5,10H2,1H3. The van der Waals surface area contributed by atoms with Crippen LogP contribution in [0.2, 0.25) is 10.0 Å². The zero-order valence-electron chi connectivity index (χ0n) is 13.3. The number of thiol groups is 1. The summed E-state index contributed by atoms with van der Waals surface area (Å²) < 4.78 is 28.8. The number of benzene rings is 1. The normalized spacial score (nSPS) is 11.1. The number of halogens is 2. The molecule has 25 heavy (non-hydrogen) atoms. The molecule has 9 heteroatoms. The molecular weight excluding hydrogens is 387 g/mol. The van der Waals surface area contributed by atoms with Crippen molar-refractivity contribution in [3.05, 3.63) is 63.4 Å². The lowest BCUT2D eigenvalue weighted by molar-refractivity contribution is 0.0600. The van der Waals surface area contributed by atoms with E-state index in [9.17, 15) is 13.2 Å². The second kappa shape index (κ2) is 9.15. The Hall–Kier alpha value is -1.67. The molecule has 0 saturated heterocycles. The number of hydrogen-bond acceptors (Lipinski definition) is 5. The van der Waals surface area contributed by atoms with E-state index in [4.69, 9.17) is 23.2 Å². The van der Waals surface area contributed by atoms with E-state index < -0.39 is 16.9 Å². The van der Waals surface area contributed by atoms with E-state index in [1.807, 2.05) is 0 Å². The molecular formula is C16H16Cl2N2O4S. The number of carbonyl (C=O) groups excluding carboxylic acids is 1. The number of hydrogen-bond donors (Lipinski definition) is 1. The summed E-state index contributed by atoms with van der Waals surface area (Å²) in [6.45, 7) is 0.365. The van der Waals surface area contributed by atoms with Crippen molar-refractivity contribution in [2.75, 3.05) is 13.7 Å². The monoisotopic (exact) mass is 402 g/mol. The third-order valence-electron chi connectivity index (χ3n) is 3.40. The highest BCUT2D eigenvalue weighted by molar-refractivity contribution is 7.69. The van der Waals surface area contributed by atoms with Crippen molar-refractivity contribution in [1.29, 1.82) is 0 Å². The Bertz CT molecular complexity index is 797. The van der Waals surface area contributed by atoms with Gasteiger partial charge in [0.25, 0.3) is 0 Å². The summed E-state index contributed by atoms with van der Waals surface area (Å²) in [6.07, 6.45) is 1.82. The summed E-state index contributed by atoms with van der Waals surface area (Å²) in [7, 11) is -1.51. The molecule has 1 aromatic heterocycles. The smallest absolute Gasteiger partial charge is 0.339 e. The van der Waals surface area contributed by atoms with Crippen LogP contribution < -0.4 is 0 Å². The lowest BCUT2D eigenvalue weighted by Crippen LogP contribution is -2.24. The topological polar surface area (TPSA) is 76.6 Å². The van der Waals surface area contributed by atoms with Crippen molar-refractivity contribution < 1.29 is 17.9 Å². The maximum atomic E-state index is 11.5. The van der Waals surface area contributed by atoms with Crippen LogP contribution in [0.5, 0.6) is 0 Å². The Morgan fingerprint density at radius 2 is 1.88 bits per heavy atom. The van der Waals surface area contributed by atoms with Gasteiger partial charge in [-0.15, -0.1) is 0 Å². The highest BCUT2D eigenvalue weighted by Gasteiger charge is 2.12. The number of nitrogens with zero attached hydrogens (tertiary/aromatic N) is 2. The lowest BCUT2D eigenvalue weighted by atomic mass is 10.1. The average molecular weight is 403 g/mol. The molecule has 0 spiro atoms. The van der Waals surface area contributed by atoms with Crippen molar-refractivity contribution >= 4 is 40.1 Å². The number of carbonyl (C=O) groups is 1. The number of rotatable bonds is 7. The van der Waals surface area contributed by atoms with Gasteiger partial charge in [-0.25, -0.2) is 13.2 Å². The third-order valence-corrected chi connectivity index (χ3v) is 4.64. The van der Waals surface area contributed by atoms with Gasteiger partial charge in [0.15, 0.2) is 0 Å². The fourth-order valence-corrected chi connectivity index (χ4v) is 3.27. The highest BCUT2D eigenvalue weighted by Crippen LogP contribution is 2.19. The minimum atomic E-state index is -2.79. The second-order valence-corrected chi connectivity index (χ2v) is 7.10. The molecule has 2 aromatic rings. The molecule has 0 N–H and O–H groups in total. The van der Waals surface area contributed by atoms with Crippen molar-refractivity contribution in [3.8, 4) is 0 Å². The van der Waals surface area contributed by atoms with Gasteiger partial charge < -0.3 is 4.74 Å². The molecule has 0 atom stereocenters. The number of ether oxygens (including phenoxy) is 1. The Morgan fingerprint density at radius 1 is 1.20 bits per heavy atom. The number of methoxy groups -OCH3 is 1. The first-order chi connectivity index (χ1) is 11.9. The largest absolute Gasteiger partial charge is 0.465 e. The van der Waals surface area contributed by atoms with Gasteiger partial charge in [0, 0.05) is 22.8 Å². The third kappa shape index (κ3) is 5.97. The first kappa shape index (κ1) is 19.7. The Balaban J connectivity index is 2.04. The van der Waals surface area contributed by atoms with E-state index in [2.05, 4.69) is 9.72 Å². The predicted molar refractivity (Wildman–Crippen MR) is 96.5 cm³/mol. The number of pyridine rings is 1. The Kier molecular flexibility index (Phi) is 7.19. The number of esters is 1. The van der Waals surface area contributed by atoms with Gasteiger partial charge in [-0.05, 0) is 42.3 Å². The van der Waals surface area contributed by atoms with Crippen molar-refractivity contribution in [2.45, 2.75) is 13.0 Å². The Labute approximate surface area is 157 Å². The van der Waals surface area contributed by atoms with Crippen LogP contribution in [0.4, 0.5) is 0 Å². The molecule has 0 bridgehead atoms. The molecule has 134 valence electrons. The van der Waals surface area contributed by atoms with E-state index >= 15 is 0 Å². The molecule has 6 nitrogen and oxygen atoms in total. The summed E-state index contributed by atoms with van der Waals surface area (Å²) in [5.41, 5.74) is 1.67. The fraction of sp³-hybridized carbons (Fsp3) is 0.250. The molecule has 0 aliphatic rings. The molecule has 2 rings (SSSR count). The minimum absolute atomic E-state index is 0.106. The zero-order chi connectivity index (χ0) is 18.4. The summed E-state index contributed by atoms with van der Waals surface area (Å²) in [5, 5.41) is 1.00. The maximum Gasteiger partial charge on any atom is 0.339 e. The van der Waals surface area contributed by atoms with Gasteiger partial charge >= 0.3 is 5.97 Å². The first-order valence-electron chi connectivity index (χ1n) is 7.26. The van der Waals surface area contributed by atoms with Gasteiger partial charge in [0.2, 0.25) is 10.9 Å². The second-order valence-electron chi connectivity index (χ2n) is 5.18. The number of aromatic nitrogens is 1. The van der Waals surface area contributed by atoms with Crippen LogP contribution in [0.15, 0.2) is 36.5 Å². The summed E-state index contributed by atoms with van der Waals surface area (Å²) in [5.74, 6) is -0.497. The molecule has 0 radical (unpaired) electrons. The van der Waals surface area contributed by atoms with Crippen molar-refractivity contribution in [2.24, 2.45) is 0 Å². The molecule has 1 heterocycles. The lowest BCUT2D eigenvalue weighted by Gasteiger charge is -2.15. The molecule has 0 saturated carbocycles. The molecule has 0 aliphatic heterocycles. The van der Waals surface area contributed by atoms with Crippen LogP contribution in [0.3, 0.4) is 0 Å². The molecule has 0 fully saturated rings. The zero-order valence-corrected chi connectivity index (χ0v) is 15.7. The van der Waals surface area contributed by atoms with Crippen LogP contribution in [0, 0.1) is 0 Å².